The molecule has 2 aliphatic heterocycles. The number of carbonyl (C=O) groups excluding carboxylic acids is 1. The van der Waals surface area contributed by atoms with Crippen molar-refractivity contribution in [2.75, 3.05) is 0 Å². The lowest BCUT2D eigenvalue weighted by molar-refractivity contribution is -0.153. The van der Waals surface area contributed by atoms with E-state index in [2.05, 4.69) is 0 Å². The van der Waals surface area contributed by atoms with Crippen molar-refractivity contribution in [3.8, 4) is 0 Å². The summed E-state index contributed by atoms with van der Waals surface area (Å²) in [6, 6.07) is 8.43. The van der Waals surface area contributed by atoms with Crippen molar-refractivity contribution in [1.82, 2.24) is 0 Å². The summed E-state index contributed by atoms with van der Waals surface area (Å²) in [5.74, 6) is -0.806. The molecule has 0 N–H and O–H groups in total. The van der Waals surface area contributed by atoms with Crippen molar-refractivity contribution in [3.05, 3.63) is 35.9 Å². The molecule has 2 bridgehead atoms. The van der Waals surface area contributed by atoms with Gasteiger partial charge in [0.2, 0.25) is 0 Å². The van der Waals surface area contributed by atoms with Gasteiger partial charge in [0.25, 0.3) is 0 Å². The molecule has 0 spiro atoms. The lowest BCUT2D eigenvalue weighted by atomic mass is 9.82. The topological polar surface area (TPSA) is 69.7 Å². The highest BCUT2D eigenvalue weighted by Gasteiger charge is 2.69. The van der Waals surface area contributed by atoms with Crippen LogP contribution in [0.3, 0.4) is 0 Å². The van der Waals surface area contributed by atoms with Crippen molar-refractivity contribution < 1.29 is 22.7 Å². The minimum Gasteiger partial charge on any atom is -0.461 e. The van der Waals surface area contributed by atoms with Gasteiger partial charge >= 0.3 is 5.97 Å². The number of sulfone groups is 1. The second kappa shape index (κ2) is 5.63. The van der Waals surface area contributed by atoms with E-state index in [1.54, 1.807) is 13.8 Å². The van der Waals surface area contributed by atoms with E-state index in [4.69, 9.17) is 17.3 Å². The molecule has 2 heterocycles. The fourth-order valence-electron chi connectivity index (χ4n) is 3.80. The van der Waals surface area contributed by atoms with Crippen molar-refractivity contribution in [3.63, 3.8) is 0 Å². The molecule has 122 valence electrons. The number of esters is 1. The fourth-order valence-corrected chi connectivity index (χ4v) is 6.41. The molecule has 0 amide bonds. The largest absolute Gasteiger partial charge is 0.461 e. The standard InChI is InChI=1S/C16H19BO5S/c1-10-14-15(17)22-16(10,11(2)23(14,19)20)8-13(18)21-9-12-6-4-3-5-7-12/h3-7,10-11,14-15H,8-9H2,1-2H3/t10?,11-,14+,15-,16-/m1/s1. The Morgan fingerprint density at radius 2 is 1.96 bits per heavy atom. The van der Waals surface area contributed by atoms with Gasteiger partial charge in [-0.3, -0.25) is 4.79 Å². The first-order valence-corrected chi connectivity index (χ1v) is 9.25. The van der Waals surface area contributed by atoms with Gasteiger partial charge in [-0.1, -0.05) is 37.3 Å². The normalized spacial score (nSPS) is 37.7. The molecule has 2 radical (unpaired) electrons. The van der Waals surface area contributed by atoms with Crippen molar-refractivity contribution in [2.45, 2.75) is 49.0 Å². The van der Waals surface area contributed by atoms with E-state index in [1.165, 1.54) is 0 Å². The van der Waals surface area contributed by atoms with Gasteiger partial charge in [0, 0.05) is 11.9 Å². The molecule has 0 aliphatic carbocycles. The summed E-state index contributed by atoms with van der Waals surface area (Å²) in [6.07, 6.45) is -0.106. The Hall–Kier alpha value is -1.34. The van der Waals surface area contributed by atoms with Gasteiger partial charge in [-0.2, -0.15) is 0 Å². The molecule has 1 aromatic rings. The van der Waals surface area contributed by atoms with Crippen LogP contribution in [0.2, 0.25) is 0 Å². The van der Waals surface area contributed by atoms with Crippen LogP contribution >= 0.6 is 0 Å². The Kier molecular flexibility index (Phi) is 4.05. The summed E-state index contributed by atoms with van der Waals surface area (Å²) in [4.78, 5) is 12.2. The molecule has 2 aliphatic rings. The van der Waals surface area contributed by atoms with Crippen LogP contribution in [0.1, 0.15) is 25.8 Å². The van der Waals surface area contributed by atoms with Gasteiger partial charge in [-0.25, -0.2) is 8.42 Å². The van der Waals surface area contributed by atoms with E-state index in [9.17, 15) is 13.2 Å². The Labute approximate surface area is 137 Å². The van der Waals surface area contributed by atoms with Crippen molar-refractivity contribution in [2.24, 2.45) is 5.92 Å². The Morgan fingerprint density at radius 3 is 2.57 bits per heavy atom. The van der Waals surface area contributed by atoms with Crippen LogP contribution in [0.4, 0.5) is 0 Å². The van der Waals surface area contributed by atoms with E-state index < -0.39 is 37.9 Å². The van der Waals surface area contributed by atoms with E-state index in [0.717, 1.165) is 5.56 Å². The minimum absolute atomic E-state index is 0.106. The minimum atomic E-state index is -3.39. The summed E-state index contributed by atoms with van der Waals surface area (Å²) >= 11 is 0. The quantitative estimate of drug-likeness (QED) is 0.611. The third-order valence-electron chi connectivity index (χ3n) is 5.17. The molecular formula is C16H19BO5S. The molecule has 2 fully saturated rings. The predicted octanol–water partition coefficient (Wildman–Crippen LogP) is 1.21. The summed E-state index contributed by atoms with van der Waals surface area (Å²) in [5, 5.41) is -1.52. The van der Waals surface area contributed by atoms with Crippen LogP contribution < -0.4 is 0 Å². The number of benzene rings is 1. The van der Waals surface area contributed by atoms with Gasteiger partial charge in [0.05, 0.1) is 22.5 Å². The van der Waals surface area contributed by atoms with E-state index in [-0.39, 0.29) is 18.9 Å². The number of fused-ring (bicyclic) bond motifs is 2. The van der Waals surface area contributed by atoms with Crippen LogP contribution in [-0.2, 0) is 30.7 Å². The van der Waals surface area contributed by atoms with Crippen molar-refractivity contribution >= 4 is 23.7 Å². The predicted molar refractivity (Wildman–Crippen MR) is 85.5 cm³/mol. The van der Waals surface area contributed by atoms with Gasteiger partial charge in [0.1, 0.15) is 14.5 Å². The summed E-state index contributed by atoms with van der Waals surface area (Å²) in [6.45, 7) is 3.52. The van der Waals surface area contributed by atoms with Crippen LogP contribution in [0.5, 0.6) is 0 Å². The lowest BCUT2D eigenvalue weighted by Gasteiger charge is -2.35. The molecular weight excluding hydrogens is 315 g/mol. The molecule has 0 aromatic heterocycles. The molecule has 2 saturated heterocycles. The average Bonchev–Trinajstić information content (AvgIpc) is 2.83. The van der Waals surface area contributed by atoms with Crippen LogP contribution in [-0.4, -0.2) is 44.3 Å². The van der Waals surface area contributed by atoms with Gasteiger partial charge in [-0.15, -0.1) is 0 Å². The maximum atomic E-state index is 12.4. The molecule has 3 rings (SSSR count). The third kappa shape index (κ3) is 2.50. The molecule has 1 unspecified atom stereocenters. The Morgan fingerprint density at radius 1 is 1.30 bits per heavy atom. The zero-order valence-electron chi connectivity index (χ0n) is 13.1. The highest BCUT2D eigenvalue weighted by atomic mass is 32.2. The maximum absolute atomic E-state index is 12.4. The molecule has 23 heavy (non-hydrogen) atoms. The smallest absolute Gasteiger partial charge is 0.309 e. The fraction of sp³-hybridized carbons (Fsp3) is 0.562. The number of ether oxygens (including phenoxy) is 2. The Bertz CT molecular complexity index is 704. The van der Waals surface area contributed by atoms with Crippen molar-refractivity contribution in [1.29, 1.82) is 0 Å². The number of hydrogen-bond donors (Lipinski definition) is 0. The van der Waals surface area contributed by atoms with Crippen LogP contribution in [0, 0.1) is 5.92 Å². The molecule has 0 saturated carbocycles. The monoisotopic (exact) mass is 334 g/mol. The number of carbonyl (C=O) groups is 1. The van der Waals surface area contributed by atoms with E-state index in [1.807, 2.05) is 30.3 Å². The highest BCUT2D eigenvalue weighted by molar-refractivity contribution is 7.93. The van der Waals surface area contributed by atoms with Crippen LogP contribution in [0.15, 0.2) is 30.3 Å². The molecule has 1 aromatic carbocycles. The molecule has 5 atom stereocenters. The van der Waals surface area contributed by atoms with Gasteiger partial charge in [-0.05, 0) is 12.5 Å². The second-order valence-electron chi connectivity index (χ2n) is 6.35. The zero-order chi connectivity index (χ0) is 16.8. The summed E-state index contributed by atoms with van der Waals surface area (Å²) < 4.78 is 35.9. The SMILES string of the molecule is [B][C@@H]1O[C@]2(CC(=O)OCc3ccccc3)C(C)[C@@H]1S(=O)(=O)[C@@H]2C. The van der Waals surface area contributed by atoms with E-state index in [0.29, 0.717) is 0 Å². The number of hydrogen-bond acceptors (Lipinski definition) is 5. The molecule has 7 heteroatoms. The first-order chi connectivity index (χ1) is 10.8. The first-order valence-electron chi connectivity index (χ1n) is 7.64. The average molecular weight is 334 g/mol. The third-order valence-corrected chi connectivity index (χ3v) is 7.99. The second-order valence-corrected chi connectivity index (χ2v) is 8.77. The number of rotatable bonds is 4. The molecule has 5 nitrogen and oxygen atoms in total. The summed E-state index contributed by atoms with van der Waals surface area (Å²) in [5.41, 5.74) is -0.211. The van der Waals surface area contributed by atoms with Crippen LogP contribution in [0.25, 0.3) is 0 Å². The first kappa shape index (κ1) is 16.5. The summed E-state index contributed by atoms with van der Waals surface area (Å²) in [7, 11) is 2.43. The lowest BCUT2D eigenvalue weighted by Crippen LogP contribution is -2.49. The Balaban J connectivity index is 1.73. The van der Waals surface area contributed by atoms with E-state index >= 15 is 0 Å². The van der Waals surface area contributed by atoms with Gasteiger partial charge < -0.3 is 9.47 Å². The zero-order valence-corrected chi connectivity index (χ0v) is 14.0. The highest BCUT2D eigenvalue weighted by Crippen LogP contribution is 2.53. The maximum Gasteiger partial charge on any atom is 0.309 e. The van der Waals surface area contributed by atoms with Gasteiger partial charge in [0.15, 0.2) is 9.84 Å².